The second-order valence-electron chi connectivity index (χ2n) is 9.08. The number of fused-ring (bicyclic) bond motifs is 6. The summed E-state index contributed by atoms with van der Waals surface area (Å²) in [5.74, 6) is 5.73. The highest BCUT2D eigenvalue weighted by Gasteiger charge is 2.45. The van der Waals surface area contributed by atoms with Gasteiger partial charge >= 0.3 is 5.97 Å². The summed E-state index contributed by atoms with van der Waals surface area (Å²) in [6.07, 6.45) is 6.68. The number of imidazole rings is 1. The molecule has 8 nitrogen and oxygen atoms in total. The Hall–Kier alpha value is -3.99. The minimum atomic E-state index is -1.23. The van der Waals surface area contributed by atoms with Crippen molar-refractivity contribution < 1.29 is 14.6 Å². The zero-order valence-electron chi connectivity index (χ0n) is 18.9. The van der Waals surface area contributed by atoms with Crippen molar-refractivity contribution in [3.63, 3.8) is 0 Å². The minimum Gasteiger partial charge on any atom is -0.495 e. The van der Waals surface area contributed by atoms with Gasteiger partial charge in [-0.1, -0.05) is 5.92 Å². The summed E-state index contributed by atoms with van der Waals surface area (Å²) in [6, 6.07) is 5.37. The van der Waals surface area contributed by atoms with Crippen LogP contribution in [0.1, 0.15) is 59.9 Å². The lowest BCUT2D eigenvalue weighted by Crippen LogP contribution is -2.50. The molecule has 0 amide bonds. The normalized spacial score (nSPS) is 17.5. The number of carboxylic acid groups (broad SMARTS) is 1. The van der Waals surface area contributed by atoms with E-state index in [4.69, 9.17) is 4.74 Å². The molecule has 2 aliphatic rings. The lowest BCUT2D eigenvalue weighted by molar-refractivity contribution is 0.0694. The largest absolute Gasteiger partial charge is 0.495 e. The van der Waals surface area contributed by atoms with Gasteiger partial charge in [0.1, 0.15) is 17.0 Å². The molecule has 5 rings (SSSR count). The Morgan fingerprint density at radius 2 is 2.06 bits per heavy atom. The molecule has 8 heteroatoms. The number of carboxylic acids is 1. The maximum absolute atomic E-state index is 12.6. The number of benzene rings is 1. The molecule has 1 N–H and O–H groups in total. The van der Waals surface area contributed by atoms with Gasteiger partial charge in [0.2, 0.25) is 0 Å². The fraction of sp³-hybridized carbons (Fsp3) is 0.320. The summed E-state index contributed by atoms with van der Waals surface area (Å²) < 4.78 is 9.34. The smallest absolute Gasteiger partial charge is 0.341 e. The fourth-order valence-corrected chi connectivity index (χ4v) is 4.91. The predicted molar refractivity (Wildman–Crippen MR) is 123 cm³/mol. The molecule has 1 aromatic carbocycles. The molecule has 0 unspecified atom stereocenters. The summed E-state index contributed by atoms with van der Waals surface area (Å²) in [4.78, 5) is 28.4. The summed E-state index contributed by atoms with van der Waals surface area (Å²) in [5, 5.41) is 11.7. The molecule has 168 valence electrons. The number of ether oxygens (including phenoxy) is 1. The SMILES string of the molecule is COc1cc2c(cc1C#Cc1cncn1C)[C@H]1CCC(C)(C)N1n1cc(C(=O)O)c(=O)cc1-2. The molecule has 33 heavy (non-hydrogen) atoms. The van der Waals surface area contributed by atoms with Crippen molar-refractivity contribution in [3.05, 3.63) is 69.5 Å². The first-order chi connectivity index (χ1) is 15.7. The van der Waals surface area contributed by atoms with E-state index in [1.807, 2.05) is 28.4 Å². The third kappa shape index (κ3) is 3.20. The number of nitrogens with zero attached hydrogens (tertiary/aromatic N) is 4. The number of aryl methyl sites for hydroxylation is 1. The average Bonchev–Trinajstić information content (AvgIpc) is 3.33. The van der Waals surface area contributed by atoms with Crippen molar-refractivity contribution in [2.75, 3.05) is 12.1 Å². The average molecular weight is 444 g/mol. The zero-order valence-corrected chi connectivity index (χ0v) is 18.9. The van der Waals surface area contributed by atoms with E-state index in [1.165, 1.54) is 12.3 Å². The number of carbonyl (C=O) groups is 1. The van der Waals surface area contributed by atoms with Crippen LogP contribution in [0, 0.1) is 11.8 Å². The van der Waals surface area contributed by atoms with Gasteiger partial charge in [0.25, 0.3) is 0 Å². The highest BCUT2D eigenvalue weighted by Crippen LogP contribution is 2.49. The Labute approximate surface area is 191 Å². The highest BCUT2D eigenvalue weighted by atomic mass is 16.5. The number of rotatable bonds is 2. The molecule has 3 aromatic rings. The van der Waals surface area contributed by atoms with E-state index in [0.717, 1.165) is 35.2 Å². The molecule has 1 atom stereocenters. The van der Waals surface area contributed by atoms with Gasteiger partial charge in [0.15, 0.2) is 5.43 Å². The van der Waals surface area contributed by atoms with Crippen LogP contribution < -0.4 is 15.2 Å². The first-order valence-electron chi connectivity index (χ1n) is 10.7. The van der Waals surface area contributed by atoms with E-state index in [-0.39, 0.29) is 17.1 Å². The molecule has 0 bridgehead atoms. The number of methoxy groups -OCH3 is 1. The van der Waals surface area contributed by atoms with Crippen LogP contribution in [0.4, 0.5) is 0 Å². The minimum absolute atomic E-state index is 0.0230. The molecule has 0 aliphatic carbocycles. The Morgan fingerprint density at radius 3 is 2.73 bits per heavy atom. The lowest BCUT2D eigenvalue weighted by atomic mass is 9.92. The van der Waals surface area contributed by atoms with Gasteiger partial charge in [-0.15, -0.1) is 0 Å². The van der Waals surface area contributed by atoms with Crippen molar-refractivity contribution in [2.24, 2.45) is 7.05 Å². The number of aromatic nitrogens is 3. The number of pyridine rings is 1. The van der Waals surface area contributed by atoms with Crippen LogP contribution in [-0.2, 0) is 7.05 Å². The van der Waals surface area contributed by atoms with E-state index in [1.54, 1.807) is 19.6 Å². The van der Waals surface area contributed by atoms with Crippen molar-refractivity contribution in [1.82, 2.24) is 14.2 Å². The third-order valence-electron chi connectivity index (χ3n) is 6.59. The molecule has 1 fully saturated rings. The second kappa shape index (κ2) is 7.27. The summed E-state index contributed by atoms with van der Waals surface area (Å²) in [7, 11) is 3.48. The summed E-state index contributed by atoms with van der Waals surface area (Å²) >= 11 is 0. The quantitative estimate of drug-likeness (QED) is 0.612. The fourth-order valence-electron chi connectivity index (χ4n) is 4.91. The van der Waals surface area contributed by atoms with Crippen LogP contribution in [0.5, 0.6) is 5.75 Å². The van der Waals surface area contributed by atoms with Gasteiger partial charge in [-0.3, -0.25) is 14.5 Å². The van der Waals surface area contributed by atoms with E-state index in [2.05, 4.69) is 35.7 Å². The molecule has 1 saturated heterocycles. The lowest BCUT2D eigenvalue weighted by Gasteiger charge is -2.44. The van der Waals surface area contributed by atoms with Crippen LogP contribution in [-0.4, -0.2) is 38.0 Å². The van der Waals surface area contributed by atoms with Crippen molar-refractivity contribution in [1.29, 1.82) is 0 Å². The number of aromatic carboxylic acids is 1. The van der Waals surface area contributed by atoms with Gasteiger partial charge < -0.3 is 14.4 Å². The zero-order chi connectivity index (χ0) is 23.5. The topological polar surface area (TPSA) is 89.6 Å². The Balaban J connectivity index is 1.75. The number of hydrogen-bond acceptors (Lipinski definition) is 5. The van der Waals surface area contributed by atoms with Crippen molar-refractivity contribution in [3.8, 4) is 28.8 Å². The predicted octanol–water partition coefficient (Wildman–Crippen LogP) is 2.92. The summed E-state index contributed by atoms with van der Waals surface area (Å²) in [6.45, 7) is 4.26. The monoisotopic (exact) mass is 444 g/mol. The van der Waals surface area contributed by atoms with Gasteiger partial charge in [-0.2, -0.15) is 0 Å². The van der Waals surface area contributed by atoms with Crippen LogP contribution in [0.2, 0.25) is 0 Å². The van der Waals surface area contributed by atoms with Gasteiger partial charge in [-0.05, 0) is 50.3 Å². The molecular formula is C25H24N4O4. The Kier molecular flexibility index (Phi) is 4.60. The molecule has 0 saturated carbocycles. The van der Waals surface area contributed by atoms with Gasteiger partial charge in [0, 0.05) is 24.9 Å². The third-order valence-corrected chi connectivity index (χ3v) is 6.59. The number of hydrogen-bond donors (Lipinski definition) is 1. The maximum Gasteiger partial charge on any atom is 0.341 e. The molecular weight excluding hydrogens is 420 g/mol. The van der Waals surface area contributed by atoms with Gasteiger partial charge in [-0.25, -0.2) is 9.78 Å². The molecule has 2 aromatic heterocycles. The van der Waals surface area contributed by atoms with E-state index in [9.17, 15) is 14.7 Å². The van der Waals surface area contributed by atoms with Crippen molar-refractivity contribution >= 4 is 5.97 Å². The molecule has 2 aliphatic heterocycles. The first kappa shape index (κ1) is 20.9. The van der Waals surface area contributed by atoms with Crippen molar-refractivity contribution in [2.45, 2.75) is 38.3 Å². The molecule has 4 heterocycles. The van der Waals surface area contributed by atoms with Crippen LogP contribution >= 0.6 is 0 Å². The molecule has 0 radical (unpaired) electrons. The second-order valence-corrected chi connectivity index (χ2v) is 9.08. The van der Waals surface area contributed by atoms with Crippen LogP contribution in [0.3, 0.4) is 0 Å². The standard InChI is InChI=1S/C25H24N4O4/c1-25(2)8-7-20-17-9-15(5-6-16-12-26-14-27(16)3)23(33-4)10-18(17)21-11-22(30)19(24(31)32)13-28(21)29(20)25/h9-14,20H,7-8H2,1-4H3,(H,31,32)/t20-/m1/s1. The summed E-state index contributed by atoms with van der Waals surface area (Å²) in [5.41, 5.74) is 3.11. The van der Waals surface area contributed by atoms with E-state index < -0.39 is 11.4 Å². The maximum atomic E-state index is 12.6. The van der Waals surface area contributed by atoms with E-state index in [0.29, 0.717) is 11.4 Å². The van der Waals surface area contributed by atoms with Crippen LogP contribution in [0.15, 0.2) is 41.7 Å². The van der Waals surface area contributed by atoms with E-state index >= 15 is 0 Å². The Bertz CT molecular complexity index is 1420. The first-order valence-corrected chi connectivity index (χ1v) is 10.7. The van der Waals surface area contributed by atoms with Gasteiger partial charge in [0.05, 0.1) is 42.5 Å². The Morgan fingerprint density at radius 1 is 1.27 bits per heavy atom. The highest BCUT2D eigenvalue weighted by molar-refractivity contribution is 5.88. The molecule has 0 spiro atoms. The van der Waals surface area contributed by atoms with Crippen LogP contribution in [0.25, 0.3) is 11.3 Å².